The molecule has 1 aromatic heterocycles. The Morgan fingerprint density at radius 3 is 2.58 bits per heavy atom. The van der Waals surface area contributed by atoms with E-state index in [1.165, 1.54) is 0 Å². The predicted molar refractivity (Wildman–Crippen MR) is 73.0 cm³/mol. The van der Waals surface area contributed by atoms with Gasteiger partial charge in [-0.3, -0.25) is 0 Å². The standard InChI is InChI=1S/C14H25N3O2/c1-5-14(6-2,18-7-3)13-16-12(19-17-13)11-9-15-8-10(11)4/h10-11,15H,5-9H2,1-4H3. The Bertz CT molecular complexity index is 401. The molecule has 0 bridgehead atoms. The van der Waals surface area contributed by atoms with Gasteiger partial charge in [-0.2, -0.15) is 4.98 Å². The maximum Gasteiger partial charge on any atom is 0.231 e. The quantitative estimate of drug-likeness (QED) is 0.858. The molecule has 1 fully saturated rings. The first kappa shape index (κ1) is 14.5. The maximum atomic E-state index is 5.92. The molecule has 0 radical (unpaired) electrons. The number of aromatic nitrogens is 2. The predicted octanol–water partition coefficient (Wildman–Crippen LogP) is 2.44. The van der Waals surface area contributed by atoms with E-state index in [0.717, 1.165) is 31.8 Å². The number of rotatable bonds is 6. The average molecular weight is 267 g/mol. The molecule has 1 aliphatic heterocycles. The molecule has 0 spiro atoms. The van der Waals surface area contributed by atoms with Crippen LogP contribution in [0.15, 0.2) is 4.52 Å². The van der Waals surface area contributed by atoms with Crippen LogP contribution in [0, 0.1) is 5.92 Å². The van der Waals surface area contributed by atoms with E-state index in [-0.39, 0.29) is 0 Å². The van der Waals surface area contributed by atoms with Crippen molar-refractivity contribution in [3.05, 3.63) is 11.7 Å². The Hall–Kier alpha value is -0.940. The first-order valence-electron chi connectivity index (χ1n) is 7.35. The fourth-order valence-corrected chi connectivity index (χ4v) is 2.82. The van der Waals surface area contributed by atoms with Gasteiger partial charge in [0.05, 0.1) is 5.92 Å². The maximum absolute atomic E-state index is 5.92. The smallest absolute Gasteiger partial charge is 0.231 e. The molecule has 2 unspecified atom stereocenters. The number of nitrogens with one attached hydrogen (secondary N) is 1. The summed E-state index contributed by atoms with van der Waals surface area (Å²) in [5.41, 5.74) is -0.397. The molecule has 1 aliphatic rings. The summed E-state index contributed by atoms with van der Waals surface area (Å²) in [5, 5.41) is 7.55. The highest BCUT2D eigenvalue weighted by Gasteiger charge is 2.37. The van der Waals surface area contributed by atoms with Crippen molar-refractivity contribution in [3.63, 3.8) is 0 Å². The van der Waals surface area contributed by atoms with E-state index in [0.29, 0.717) is 24.3 Å². The third-order valence-corrected chi connectivity index (χ3v) is 4.25. The molecular weight excluding hydrogens is 242 g/mol. The molecule has 5 nitrogen and oxygen atoms in total. The van der Waals surface area contributed by atoms with Crippen LogP contribution >= 0.6 is 0 Å². The summed E-state index contributed by atoms with van der Waals surface area (Å²) in [7, 11) is 0. The van der Waals surface area contributed by atoms with Gasteiger partial charge in [-0.15, -0.1) is 0 Å². The van der Waals surface area contributed by atoms with Crippen LogP contribution in [0.25, 0.3) is 0 Å². The van der Waals surface area contributed by atoms with Crippen LogP contribution in [0.3, 0.4) is 0 Å². The minimum Gasteiger partial charge on any atom is -0.367 e. The van der Waals surface area contributed by atoms with Crippen LogP contribution in [-0.4, -0.2) is 29.8 Å². The van der Waals surface area contributed by atoms with Crippen molar-refractivity contribution in [2.24, 2.45) is 5.92 Å². The summed E-state index contributed by atoms with van der Waals surface area (Å²) in [6.45, 7) is 11.0. The topological polar surface area (TPSA) is 60.2 Å². The molecule has 1 N–H and O–H groups in total. The largest absolute Gasteiger partial charge is 0.367 e. The highest BCUT2D eigenvalue weighted by Crippen LogP contribution is 2.33. The lowest BCUT2D eigenvalue weighted by molar-refractivity contribution is -0.0583. The molecule has 108 valence electrons. The lowest BCUT2D eigenvalue weighted by Crippen LogP contribution is -2.30. The molecule has 0 amide bonds. The van der Waals surface area contributed by atoms with Gasteiger partial charge >= 0.3 is 0 Å². The first-order chi connectivity index (χ1) is 9.16. The number of nitrogens with zero attached hydrogens (tertiary/aromatic N) is 2. The summed E-state index contributed by atoms with van der Waals surface area (Å²) >= 11 is 0. The van der Waals surface area contributed by atoms with E-state index in [1.807, 2.05) is 6.92 Å². The van der Waals surface area contributed by atoms with Crippen molar-refractivity contribution in [2.75, 3.05) is 19.7 Å². The van der Waals surface area contributed by atoms with Crippen LogP contribution in [0.1, 0.15) is 58.2 Å². The van der Waals surface area contributed by atoms with Gasteiger partial charge in [-0.1, -0.05) is 25.9 Å². The second kappa shape index (κ2) is 6.01. The summed E-state index contributed by atoms with van der Waals surface area (Å²) in [4.78, 5) is 4.63. The van der Waals surface area contributed by atoms with Crippen molar-refractivity contribution in [2.45, 2.75) is 52.1 Å². The van der Waals surface area contributed by atoms with Gasteiger partial charge < -0.3 is 14.6 Å². The van der Waals surface area contributed by atoms with Crippen molar-refractivity contribution in [1.29, 1.82) is 0 Å². The lowest BCUT2D eigenvalue weighted by atomic mass is 9.95. The molecular formula is C14H25N3O2. The van der Waals surface area contributed by atoms with Gasteiger partial charge in [0.1, 0.15) is 5.60 Å². The van der Waals surface area contributed by atoms with Crippen LogP contribution in [0.5, 0.6) is 0 Å². The van der Waals surface area contributed by atoms with Crippen LogP contribution in [0.2, 0.25) is 0 Å². The van der Waals surface area contributed by atoms with Crippen LogP contribution in [-0.2, 0) is 10.3 Å². The second-order valence-electron chi connectivity index (χ2n) is 5.33. The number of hydrogen-bond donors (Lipinski definition) is 1. The monoisotopic (exact) mass is 267 g/mol. The fourth-order valence-electron chi connectivity index (χ4n) is 2.82. The lowest BCUT2D eigenvalue weighted by Gasteiger charge is -2.27. The van der Waals surface area contributed by atoms with E-state index in [4.69, 9.17) is 9.26 Å². The highest BCUT2D eigenvalue weighted by molar-refractivity contribution is 5.06. The Balaban J connectivity index is 2.23. The van der Waals surface area contributed by atoms with Gasteiger partial charge in [-0.05, 0) is 32.2 Å². The van der Waals surface area contributed by atoms with Crippen LogP contribution in [0.4, 0.5) is 0 Å². The Morgan fingerprint density at radius 1 is 1.32 bits per heavy atom. The molecule has 2 atom stereocenters. The molecule has 1 aromatic rings. The molecule has 0 saturated carbocycles. The molecule has 5 heteroatoms. The third-order valence-electron chi connectivity index (χ3n) is 4.25. The fraction of sp³-hybridized carbons (Fsp3) is 0.857. The number of ether oxygens (including phenoxy) is 1. The second-order valence-corrected chi connectivity index (χ2v) is 5.33. The van der Waals surface area contributed by atoms with Gasteiger partial charge in [-0.25, -0.2) is 0 Å². The zero-order valence-corrected chi connectivity index (χ0v) is 12.4. The summed E-state index contributed by atoms with van der Waals surface area (Å²) in [5.74, 6) is 2.32. The SMILES string of the molecule is CCOC(CC)(CC)c1noc(C2CNCC2C)n1. The molecule has 2 heterocycles. The number of hydrogen-bond acceptors (Lipinski definition) is 5. The van der Waals surface area contributed by atoms with Crippen LogP contribution < -0.4 is 5.32 Å². The molecule has 0 aliphatic carbocycles. The van der Waals surface area contributed by atoms with Gasteiger partial charge in [0, 0.05) is 13.2 Å². The summed E-state index contributed by atoms with van der Waals surface area (Å²) in [6, 6.07) is 0. The Labute approximate surface area is 115 Å². The summed E-state index contributed by atoms with van der Waals surface area (Å²) in [6.07, 6.45) is 1.71. The average Bonchev–Trinajstić information content (AvgIpc) is 3.04. The normalized spacial score (nSPS) is 24.0. The van der Waals surface area contributed by atoms with E-state index >= 15 is 0 Å². The highest BCUT2D eigenvalue weighted by atomic mass is 16.5. The minimum atomic E-state index is -0.397. The van der Waals surface area contributed by atoms with E-state index < -0.39 is 5.60 Å². The zero-order valence-electron chi connectivity index (χ0n) is 12.4. The molecule has 2 rings (SSSR count). The van der Waals surface area contributed by atoms with Crippen molar-refractivity contribution < 1.29 is 9.26 Å². The van der Waals surface area contributed by atoms with E-state index in [2.05, 4.69) is 36.2 Å². The first-order valence-corrected chi connectivity index (χ1v) is 7.35. The summed E-state index contributed by atoms with van der Waals surface area (Å²) < 4.78 is 11.4. The Morgan fingerprint density at radius 2 is 2.05 bits per heavy atom. The van der Waals surface area contributed by atoms with Crippen molar-refractivity contribution >= 4 is 0 Å². The molecule has 1 saturated heterocycles. The van der Waals surface area contributed by atoms with Gasteiger partial charge in [0.2, 0.25) is 11.7 Å². The Kier molecular flexibility index (Phi) is 4.58. The zero-order chi connectivity index (χ0) is 13.9. The van der Waals surface area contributed by atoms with Crippen molar-refractivity contribution in [1.82, 2.24) is 15.5 Å². The molecule has 19 heavy (non-hydrogen) atoms. The third kappa shape index (κ3) is 2.67. The van der Waals surface area contributed by atoms with E-state index in [1.54, 1.807) is 0 Å². The van der Waals surface area contributed by atoms with Crippen molar-refractivity contribution in [3.8, 4) is 0 Å². The minimum absolute atomic E-state index is 0.328. The van der Waals surface area contributed by atoms with Gasteiger partial charge in [0.15, 0.2) is 0 Å². The van der Waals surface area contributed by atoms with Gasteiger partial charge in [0.25, 0.3) is 0 Å². The van der Waals surface area contributed by atoms with E-state index in [9.17, 15) is 0 Å². The molecule has 0 aromatic carbocycles.